The van der Waals surface area contributed by atoms with Crippen LogP contribution in [0, 0.1) is 5.41 Å². The predicted molar refractivity (Wildman–Crippen MR) is 72.9 cm³/mol. The maximum absolute atomic E-state index is 2.40. The molecule has 5 rings (SSSR count). The Labute approximate surface area is 104 Å². The molecule has 86 valence electrons. The van der Waals surface area contributed by atoms with Crippen molar-refractivity contribution in [1.82, 2.24) is 0 Å². The van der Waals surface area contributed by atoms with E-state index in [9.17, 15) is 0 Å². The Morgan fingerprint density at radius 2 is 1.65 bits per heavy atom. The first-order valence-corrected chi connectivity index (χ1v) is 8.29. The van der Waals surface area contributed by atoms with Gasteiger partial charge in [0.05, 0.1) is 0 Å². The van der Waals surface area contributed by atoms with Crippen molar-refractivity contribution in [2.45, 2.75) is 43.7 Å². The van der Waals surface area contributed by atoms with E-state index >= 15 is 0 Å². The molecule has 1 aliphatic heterocycles. The number of hydrogen-bond donors (Lipinski definition) is 0. The van der Waals surface area contributed by atoms with E-state index in [1.165, 1.54) is 38.5 Å². The highest BCUT2D eigenvalue weighted by Crippen LogP contribution is 2.90. The highest BCUT2D eigenvalue weighted by atomic mass is 31.1. The van der Waals surface area contributed by atoms with Gasteiger partial charge in [0.1, 0.15) is 0 Å². The number of rotatable bonds is 1. The average molecular weight is 240 g/mol. The van der Waals surface area contributed by atoms with Crippen molar-refractivity contribution in [3.05, 3.63) is 41.2 Å². The molecule has 0 bridgehead atoms. The Balaban J connectivity index is 1.71. The minimum absolute atomic E-state index is 0.0680. The van der Waals surface area contributed by atoms with Crippen molar-refractivity contribution >= 4 is 13.2 Å². The zero-order valence-corrected chi connectivity index (χ0v) is 11.0. The van der Waals surface area contributed by atoms with Crippen LogP contribution >= 0.6 is 7.92 Å². The number of fused-ring (bicyclic) bond motifs is 2. The van der Waals surface area contributed by atoms with E-state index in [2.05, 4.69) is 30.3 Å². The van der Waals surface area contributed by atoms with Crippen molar-refractivity contribution in [2.75, 3.05) is 0 Å². The first-order valence-electron chi connectivity index (χ1n) is 6.95. The third kappa shape index (κ3) is 0.899. The molecule has 0 aromatic heterocycles. The fraction of sp³-hybridized carbons (Fsp3) is 0.500. The van der Waals surface area contributed by atoms with Crippen LogP contribution < -0.4 is 5.30 Å². The average Bonchev–Trinajstić information content (AvgIpc) is 3.17. The monoisotopic (exact) mass is 240 g/mol. The molecule has 2 fully saturated rings. The smallest absolute Gasteiger partial charge is 0.00770 e. The van der Waals surface area contributed by atoms with Crippen molar-refractivity contribution < 1.29 is 0 Å². The van der Waals surface area contributed by atoms with Gasteiger partial charge in [0.15, 0.2) is 0 Å². The van der Waals surface area contributed by atoms with Crippen LogP contribution in [0.4, 0.5) is 0 Å². The van der Waals surface area contributed by atoms with Crippen LogP contribution in [-0.2, 0) is 0 Å². The number of benzene rings is 1. The molecular formula is C16H17P. The van der Waals surface area contributed by atoms with Crippen LogP contribution in [0.3, 0.4) is 0 Å². The van der Waals surface area contributed by atoms with Crippen LogP contribution in [0.5, 0.6) is 0 Å². The van der Waals surface area contributed by atoms with Gasteiger partial charge >= 0.3 is 0 Å². The lowest BCUT2D eigenvalue weighted by atomic mass is 9.81. The van der Waals surface area contributed by atoms with Gasteiger partial charge in [0, 0.05) is 10.6 Å². The summed E-state index contributed by atoms with van der Waals surface area (Å²) in [4.78, 5) is 0. The zero-order valence-electron chi connectivity index (χ0n) is 10.1. The topological polar surface area (TPSA) is 0 Å². The molecule has 0 amide bonds. The Hall–Kier alpha value is -0.610. The maximum Gasteiger partial charge on any atom is 0.00770 e. The first-order chi connectivity index (χ1) is 8.37. The highest BCUT2D eigenvalue weighted by Gasteiger charge is 2.75. The van der Waals surface area contributed by atoms with Gasteiger partial charge in [-0.15, -0.1) is 0 Å². The number of hydrogen-bond acceptors (Lipinski definition) is 0. The highest BCUT2D eigenvalue weighted by molar-refractivity contribution is 7.72. The van der Waals surface area contributed by atoms with E-state index in [1.54, 1.807) is 5.30 Å². The second-order valence-corrected chi connectivity index (χ2v) is 8.79. The molecule has 1 heterocycles. The van der Waals surface area contributed by atoms with Crippen LogP contribution in [0.2, 0.25) is 0 Å². The molecule has 2 saturated carbocycles. The summed E-state index contributed by atoms with van der Waals surface area (Å²) >= 11 is 0. The fourth-order valence-electron chi connectivity index (χ4n) is 4.57. The van der Waals surface area contributed by atoms with Gasteiger partial charge in [0.2, 0.25) is 0 Å². The second kappa shape index (κ2) is 2.69. The third-order valence-corrected chi connectivity index (χ3v) is 9.19. The summed E-state index contributed by atoms with van der Waals surface area (Å²) in [7, 11) is 0.0680. The molecule has 0 radical (unpaired) electrons. The van der Waals surface area contributed by atoms with E-state index in [0.717, 1.165) is 10.6 Å². The van der Waals surface area contributed by atoms with E-state index in [4.69, 9.17) is 0 Å². The fourth-order valence-corrected chi connectivity index (χ4v) is 8.64. The molecule has 3 aliphatic carbocycles. The predicted octanol–water partition coefficient (Wildman–Crippen LogP) is 4.17. The lowest BCUT2D eigenvalue weighted by Gasteiger charge is -2.26. The van der Waals surface area contributed by atoms with Gasteiger partial charge < -0.3 is 0 Å². The summed E-state index contributed by atoms with van der Waals surface area (Å²) in [5, 5.41) is 4.38. The van der Waals surface area contributed by atoms with E-state index in [1.807, 2.05) is 10.9 Å². The second-order valence-electron chi connectivity index (χ2n) is 6.21. The molecule has 0 nitrogen and oxygen atoms in total. The maximum atomic E-state index is 2.40. The van der Waals surface area contributed by atoms with Crippen molar-refractivity contribution in [3.8, 4) is 0 Å². The molecule has 1 aromatic rings. The summed E-state index contributed by atoms with van der Waals surface area (Å²) < 4.78 is 0. The lowest BCUT2D eigenvalue weighted by molar-refractivity contribution is 0.528. The quantitative estimate of drug-likeness (QED) is 0.646. The molecule has 0 saturated heterocycles. The minimum atomic E-state index is 0.0680. The van der Waals surface area contributed by atoms with E-state index in [-0.39, 0.29) is 7.92 Å². The van der Waals surface area contributed by atoms with Crippen molar-refractivity contribution in [3.63, 3.8) is 0 Å². The minimum Gasteiger partial charge on any atom is -0.0622 e. The molecular weight excluding hydrogens is 223 g/mol. The largest absolute Gasteiger partial charge is 0.0622 e. The lowest BCUT2D eigenvalue weighted by Crippen LogP contribution is -2.21. The first kappa shape index (κ1) is 9.34. The molecule has 4 aliphatic rings. The SMILES string of the molecule is c1ccc(P2C3=C(CC3)C3(CC3)C23CC3)cc1. The van der Waals surface area contributed by atoms with Gasteiger partial charge in [-0.3, -0.25) is 0 Å². The molecule has 1 aromatic carbocycles. The third-order valence-electron chi connectivity index (χ3n) is 5.61. The van der Waals surface area contributed by atoms with Gasteiger partial charge in [-0.25, -0.2) is 0 Å². The molecule has 1 unspecified atom stereocenters. The van der Waals surface area contributed by atoms with Crippen molar-refractivity contribution in [1.29, 1.82) is 0 Å². The summed E-state index contributed by atoms with van der Waals surface area (Å²) in [6.45, 7) is 0. The standard InChI is InChI=1S/C16H17P/c1-2-4-12(5-3-1)17-14-7-6-13(14)15(8-9-15)16(17)10-11-16/h1-5H,6-11H2. The molecule has 1 atom stereocenters. The Kier molecular flexibility index (Phi) is 1.48. The van der Waals surface area contributed by atoms with E-state index in [0.29, 0.717) is 0 Å². The number of allylic oxidation sites excluding steroid dienone is 2. The van der Waals surface area contributed by atoms with Crippen LogP contribution in [-0.4, -0.2) is 5.16 Å². The van der Waals surface area contributed by atoms with Crippen molar-refractivity contribution in [2.24, 2.45) is 5.41 Å². The zero-order chi connectivity index (χ0) is 11.1. The molecule has 1 heteroatoms. The van der Waals surface area contributed by atoms with Crippen LogP contribution in [0.15, 0.2) is 41.2 Å². The normalized spacial score (nSPS) is 33.8. The molecule has 2 spiro atoms. The van der Waals surface area contributed by atoms with Gasteiger partial charge in [-0.1, -0.05) is 35.9 Å². The molecule has 0 N–H and O–H groups in total. The summed E-state index contributed by atoms with van der Waals surface area (Å²) in [5.74, 6) is 0. The van der Waals surface area contributed by atoms with Gasteiger partial charge in [-0.05, 0) is 57.1 Å². The summed E-state index contributed by atoms with van der Waals surface area (Å²) in [6, 6.07) is 11.4. The summed E-state index contributed by atoms with van der Waals surface area (Å²) in [5.41, 5.74) is 2.70. The summed E-state index contributed by atoms with van der Waals surface area (Å²) in [6.07, 6.45) is 8.98. The van der Waals surface area contributed by atoms with Crippen LogP contribution in [0.25, 0.3) is 0 Å². The van der Waals surface area contributed by atoms with Gasteiger partial charge in [-0.2, -0.15) is 0 Å². The van der Waals surface area contributed by atoms with Crippen LogP contribution in [0.1, 0.15) is 38.5 Å². The Morgan fingerprint density at radius 1 is 0.882 bits per heavy atom. The Morgan fingerprint density at radius 3 is 2.18 bits per heavy atom. The van der Waals surface area contributed by atoms with Gasteiger partial charge in [0.25, 0.3) is 0 Å². The van der Waals surface area contributed by atoms with E-state index < -0.39 is 0 Å². The Bertz CT molecular complexity index is 532. The molecule has 17 heavy (non-hydrogen) atoms.